The molecule has 0 radical (unpaired) electrons. The first-order valence-corrected chi connectivity index (χ1v) is 8.89. The predicted octanol–water partition coefficient (Wildman–Crippen LogP) is -3.62. The van der Waals surface area contributed by atoms with Crippen LogP contribution in [0.4, 0.5) is 5.82 Å². The van der Waals surface area contributed by atoms with Crippen LogP contribution >= 0.6 is 0 Å². The van der Waals surface area contributed by atoms with Crippen molar-refractivity contribution in [3.8, 4) is 11.3 Å². The minimum Gasteiger partial charge on any atom is -1.00 e. The van der Waals surface area contributed by atoms with E-state index in [0.717, 1.165) is 63.7 Å². The minimum atomic E-state index is 0. The first kappa shape index (κ1) is 20.9. The zero-order chi connectivity index (χ0) is 16.2. The summed E-state index contributed by atoms with van der Waals surface area (Å²) in [7, 11) is 0. The number of rotatable bonds is 4. The van der Waals surface area contributed by atoms with Crippen LogP contribution in [0.5, 0.6) is 0 Å². The standard InChI is InChI=1S/C19H24N4O.2ClH/c1-2-7-17-15(4-1)5-3-6-16-14-18(21-22-19(16)17)20-8-9-23-10-12-24-13-11-23;;/h1-2,4,7,14H,3,5-6,8-13H2,(H,20,21);2*1H/p-2. The fourth-order valence-electron chi connectivity index (χ4n) is 3.54. The lowest BCUT2D eigenvalue weighted by molar-refractivity contribution is -0.001000. The van der Waals surface area contributed by atoms with Gasteiger partial charge in [-0.25, -0.2) is 0 Å². The Labute approximate surface area is 167 Å². The van der Waals surface area contributed by atoms with Gasteiger partial charge < -0.3 is 34.9 Å². The number of nitrogens with one attached hydrogen (secondary N) is 1. The molecular weight excluding hydrogens is 371 g/mol. The summed E-state index contributed by atoms with van der Waals surface area (Å²) < 4.78 is 5.38. The lowest BCUT2D eigenvalue weighted by atomic mass is 10.0. The van der Waals surface area contributed by atoms with E-state index in [1.54, 1.807) is 0 Å². The molecule has 0 unspecified atom stereocenters. The lowest BCUT2D eigenvalue weighted by Crippen LogP contribution is -3.00. The van der Waals surface area contributed by atoms with E-state index in [1.807, 2.05) is 0 Å². The van der Waals surface area contributed by atoms with Crippen molar-refractivity contribution in [3.05, 3.63) is 41.5 Å². The number of hydrogen-bond acceptors (Lipinski definition) is 5. The van der Waals surface area contributed by atoms with Crippen LogP contribution in [0, 0.1) is 0 Å². The maximum atomic E-state index is 5.38. The van der Waals surface area contributed by atoms with Crippen LogP contribution in [-0.2, 0) is 17.6 Å². The van der Waals surface area contributed by atoms with Gasteiger partial charge in [-0.15, -0.1) is 10.2 Å². The van der Waals surface area contributed by atoms with Crippen LogP contribution in [0.1, 0.15) is 17.5 Å². The number of halogens is 2. The van der Waals surface area contributed by atoms with Crippen LogP contribution in [-0.4, -0.2) is 54.5 Å². The molecule has 2 aromatic rings. The number of nitrogens with zero attached hydrogens (tertiary/aromatic N) is 3. The molecule has 142 valence electrons. The number of morpholine rings is 1. The Morgan fingerprint density at radius 1 is 1.00 bits per heavy atom. The highest BCUT2D eigenvalue weighted by atomic mass is 35.5. The van der Waals surface area contributed by atoms with Gasteiger partial charge in [-0.05, 0) is 36.5 Å². The smallest absolute Gasteiger partial charge is 0.149 e. The molecular formula is C19H24Cl2N4O-2. The molecule has 0 spiro atoms. The van der Waals surface area contributed by atoms with Gasteiger partial charge in [0.05, 0.1) is 18.9 Å². The van der Waals surface area contributed by atoms with E-state index in [1.165, 1.54) is 23.1 Å². The fourth-order valence-corrected chi connectivity index (χ4v) is 3.54. The second-order valence-corrected chi connectivity index (χ2v) is 6.49. The van der Waals surface area contributed by atoms with E-state index in [4.69, 9.17) is 4.74 Å². The van der Waals surface area contributed by atoms with Crippen molar-refractivity contribution >= 4 is 5.82 Å². The van der Waals surface area contributed by atoms with Gasteiger partial charge in [-0.2, -0.15) is 0 Å². The predicted molar refractivity (Wildman–Crippen MR) is 95.2 cm³/mol. The van der Waals surface area contributed by atoms with Crippen LogP contribution in [0.15, 0.2) is 30.3 Å². The summed E-state index contributed by atoms with van der Waals surface area (Å²) in [5, 5.41) is 12.4. The molecule has 26 heavy (non-hydrogen) atoms. The average molecular weight is 395 g/mol. The Bertz CT molecular complexity index is 708. The van der Waals surface area contributed by atoms with Gasteiger partial charge in [0, 0.05) is 31.7 Å². The van der Waals surface area contributed by atoms with Gasteiger partial charge in [0.2, 0.25) is 0 Å². The quantitative estimate of drug-likeness (QED) is 0.580. The summed E-state index contributed by atoms with van der Waals surface area (Å²) in [4.78, 5) is 2.42. The molecule has 1 fully saturated rings. The maximum Gasteiger partial charge on any atom is 0.149 e. The Hall–Kier alpha value is -1.40. The van der Waals surface area contributed by atoms with E-state index in [2.05, 4.69) is 50.7 Å². The number of aromatic nitrogens is 2. The third-order valence-electron chi connectivity index (χ3n) is 4.88. The van der Waals surface area contributed by atoms with E-state index in [0.29, 0.717) is 0 Å². The van der Waals surface area contributed by atoms with Crippen LogP contribution in [0.25, 0.3) is 11.3 Å². The number of fused-ring (bicyclic) bond motifs is 3. The third kappa shape index (κ3) is 4.86. The summed E-state index contributed by atoms with van der Waals surface area (Å²) in [6, 6.07) is 10.8. The van der Waals surface area contributed by atoms with Gasteiger partial charge in [0.15, 0.2) is 0 Å². The first-order valence-electron chi connectivity index (χ1n) is 8.89. The second kappa shape index (κ2) is 10.1. The number of aryl methyl sites for hydroxylation is 2. The minimum absolute atomic E-state index is 0. The summed E-state index contributed by atoms with van der Waals surface area (Å²) in [5.74, 6) is 0.890. The molecule has 2 heterocycles. The molecule has 4 rings (SSSR count). The second-order valence-electron chi connectivity index (χ2n) is 6.49. The number of benzene rings is 1. The van der Waals surface area contributed by atoms with Crippen molar-refractivity contribution in [2.24, 2.45) is 0 Å². The highest BCUT2D eigenvalue weighted by molar-refractivity contribution is 5.68. The van der Waals surface area contributed by atoms with E-state index < -0.39 is 0 Å². The molecule has 1 aromatic heterocycles. The lowest BCUT2D eigenvalue weighted by Gasteiger charge is -2.26. The SMILES string of the molecule is [Cl-].[Cl-].c1ccc2c(c1)CCCc1cc(NCCN3CCOCC3)nnc1-2. The summed E-state index contributed by atoms with van der Waals surface area (Å²) in [6.07, 6.45) is 3.35. The Morgan fingerprint density at radius 2 is 1.77 bits per heavy atom. The molecule has 7 heteroatoms. The summed E-state index contributed by atoms with van der Waals surface area (Å²) >= 11 is 0. The van der Waals surface area contributed by atoms with Crippen molar-refractivity contribution in [2.75, 3.05) is 44.7 Å². The van der Waals surface area contributed by atoms with Crippen molar-refractivity contribution in [1.29, 1.82) is 0 Å². The highest BCUT2D eigenvalue weighted by Gasteiger charge is 2.16. The molecule has 1 N–H and O–H groups in total. The zero-order valence-electron chi connectivity index (χ0n) is 14.8. The Morgan fingerprint density at radius 3 is 2.62 bits per heavy atom. The molecule has 1 aliphatic carbocycles. The van der Waals surface area contributed by atoms with Gasteiger partial charge >= 0.3 is 0 Å². The van der Waals surface area contributed by atoms with Crippen molar-refractivity contribution < 1.29 is 29.6 Å². The largest absolute Gasteiger partial charge is 1.00 e. The maximum absolute atomic E-state index is 5.38. The van der Waals surface area contributed by atoms with Gasteiger partial charge in [0.1, 0.15) is 5.82 Å². The van der Waals surface area contributed by atoms with Crippen LogP contribution in [0.2, 0.25) is 0 Å². The van der Waals surface area contributed by atoms with Crippen molar-refractivity contribution in [1.82, 2.24) is 15.1 Å². The molecule has 1 saturated heterocycles. The van der Waals surface area contributed by atoms with Gasteiger partial charge in [0.25, 0.3) is 0 Å². The Balaban J connectivity index is 0.00000121. The molecule has 0 saturated carbocycles. The van der Waals surface area contributed by atoms with E-state index in [9.17, 15) is 0 Å². The van der Waals surface area contributed by atoms with Crippen LogP contribution < -0.4 is 30.1 Å². The highest BCUT2D eigenvalue weighted by Crippen LogP contribution is 2.31. The normalized spacial score (nSPS) is 16.3. The summed E-state index contributed by atoms with van der Waals surface area (Å²) in [6.45, 7) is 5.65. The van der Waals surface area contributed by atoms with Crippen molar-refractivity contribution in [2.45, 2.75) is 19.3 Å². The summed E-state index contributed by atoms with van der Waals surface area (Å²) in [5.41, 5.74) is 5.00. The molecule has 5 nitrogen and oxygen atoms in total. The number of anilines is 1. The van der Waals surface area contributed by atoms with E-state index >= 15 is 0 Å². The van der Waals surface area contributed by atoms with Gasteiger partial charge in [-0.3, -0.25) is 4.90 Å². The van der Waals surface area contributed by atoms with Crippen LogP contribution in [0.3, 0.4) is 0 Å². The number of ether oxygens (including phenoxy) is 1. The third-order valence-corrected chi connectivity index (χ3v) is 4.88. The Kier molecular flexibility index (Phi) is 8.10. The van der Waals surface area contributed by atoms with Gasteiger partial charge in [-0.1, -0.05) is 24.3 Å². The first-order chi connectivity index (χ1) is 11.9. The topological polar surface area (TPSA) is 50.3 Å². The molecule has 0 amide bonds. The van der Waals surface area contributed by atoms with E-state index in [-0.39, 0.29) is 24.8 Å². The molecule has 1 aliphatic heterocycles. The average Bonchev–Trinajstić information content (AvgIpc) is 2.81. The monoisotopic (exact) mass is 394 g/mol. The zero-order valence-corrected chi connectivity index (χ0v) is 16.3. The van der Waals surface area contributed by atoms with Crippen molar-refractivity contribution in [3.63, 3.8) is 0 Å². The molecule has 0 atom stereocenters. The fraction of sp³-hybridized carbons (Fsp3) is 0.474. The molecule has 1 aromatic carbocycles. The number of hydrogen-bond donors (Lipinski definition) is 1. The molecule has 2 aliphatic rings. The molecule has 0 bridgehead atoms.